The number of aromatic nitrogens is 3. The van der Waals surface area contributed by atoms with Crippen LogP contribution in [0.5, 0.6) is 0 Å². The van der Waals surface area contributed by atoms with Crippen LogP contribution >= 0.6 is 11.6 Å². The van der Waals surface area contributed by atoms with Gasteiger partial charge in [-0.15, -0.1) is 5.10 Å². The predicted octanol–water partition coefficient (Wildman–Crippen LogP) is 5.48. The highest BCUT2D eigenvalue weighted by molar-refractivity contribution is 6.30. The minimum Gasteiger partial charge on any atom is -0.386 e. The molecular weight excluding hydrogens is 462 g/mol. The van der Waals surface area contributed by atoms with Crippen molar-refractivity contribution in [2.24, 2.45) is 0 Å². The van der Waals surface area contributed by atoms with Gasteiger partial charge in [-0.25, -0.2) is 4.68 Å². The Morgan fingerprint density at radius 2 is 1.60 bits per heavy atom. The van der Waals surface area contributed by atoms with E-state index in [0.717, 1.165) is 36.7 Å². The summed E-state index contributed by atoms with van der Waals surface area (Å²) in [5.74, 6) is 0. The summed E-state index contributed by atoms with van der Waals surface area (Å²) in [6.07, 6.45) is 4.39. The minimum atomic E-state index is 0.285. The van der Waals surface area contributed by atoms with Gasteiger partial charge in [-0.05, 0) is 62.0 Å². The van der Waals surface area contributed by atoms with Gasteiger partial charge in [0.1, 0.15) is 13.6 Å². The number of nitrogens with one attached hydrogen (secondary N) is 1. The molecule has 4 rings (SSSR count). The molecule has 190 valence electrons. The molecule has 0 radical (unpaired) electrons. The van der Waals surface area contributed by atoms with E-state index in [1.54, 1.807) is 0 Å². The van der Waals surface area contributed by atoms with E-state index >= 15 is 0 Å². The summed E-state index contributed by atoms with van der Waals surface area (Å²) >= 11 is 6.11. The number of likely N-dealkylation sites (tertiary alicyclic amines) is 1. The maximum Gasteiger partial charge on any atom is 0.106 e. The Morgan fingerprint density at radius 3 is 2.14 bits per heavy atom. The Hall–Kier alpha value is -3.03. The quantitative estimate of drug-likeness (QED) is 0.512. The fourth-order valence-electron chi connectivity index (χ4n) is 3.68. The number of carbonyl (C=O) groups excluding carboxylic acids is 2. The molecule has 0 aliphatic carbocycles. The molecule has 0 amide bonds. The molecule has 0 saturated carbocycles. The summed E-state index contributed by atoms with van der Waals surface area (Å²) in [4.78, 5) is 18.4. The summed E-state index contributed by atoms with van der Waals surface area (Å²) in [6, 6.07) is 14.5. The standard InChI is InChI=1S/C14H18ClN5.C11H16.2CH2O/c1-16-13-5-4-11(15)8-14(13)20-12(9-17-18-20)10-19-6-2-3-7-19;1-9-5-7-10(8-6-9)11(2,3)4;2*1-2/h4-5,8-9,16H,2-3,6-7,10H2,1H3;5-8H,1-4H3;2*1H2. The molecule has 1 fully saturated rings. The van der Waals surface area contributed by atoms with Crippen LogP contribution in [0.25, 0.3) is 5.69 Å². The molecule has 1 N–H and O–H groups in total. The molecule has 35 heavy (non-hydrogen) atoms. The minimum absolute atomic E-state index is 0.285. The maximum absolute atomic E-state index is 8.00. The number of carbonyl (C=O) groups is 2. The Balaban J connectivity index is 0.000000347. The lowest BCUT2D eigenvalue weighted by Gasteiger charge is -2.18. The van der Waals surface area contributed by atoms with Gasteiger partial charge in [0, 0.05) is 18.6 Å². The molecule has 8 heteroatoms. The van der Waals surface area contributed by atoms with Crippen LogP contribution < -0.4 is 5.32 Å². The van der Waals surface area contributed by atoms with E-state index in [-0.39, 0.29) is 5.41 Å². The van der Waals surface area contributed by atoms with E-state index in [9.17, 15) is 0 Å². The van der Waals surface area contributed by atoms with Gasteiger partial charge in [-0.3, -0.25) is 4.90 Å². The van der Waals surface area contributed by atoms with Crippen molar-refractivity contribution in [3.63, 3.8) is 0 Å². The first-order valence-electron chi connectivity index (χ1n) is 11.5. The number of halogens is 1. The van der Waals surface area contributed by atoms with Gasteiger partial charge in [-0.2, -0.15) is 0 Å². The number of aryl methyl sites for hydroxylation is 1. The first-order valence-corrected chi connectivity index (χ1v) is 11.9. The summed E-state index contributed by atoms with van der Waals surface area (Å²) in [6.45, 7) is 16.0. The first kappa shape index (κ1) is 30.0. The Morgan fingerprint density at radius 1 is 1.00 bits per heavy atom. The van der Waals surface area contributed by atoms with Gasteiger partial charge in [0.25, 0.3) is 0 Å². The van der Waals surface area contributed by atoms with Crippen LogP contribution in [0, 0.1) is 6.92 Å². The second-order valence-corrected chi connectivity index (χ2v) is 9.58. The molecule has 2 aromatic carbocycles. The van der Waals surface area contributed by atoms with Crippen LogP contribution in [0.4, 0.5) is 5.69 Å². The van der Waals surface area contributed by atoms with Gasteiger partial charge in [-0.1, -0.05) is 67.4 Å². The van der Waals surface area contributed by atoms with E-state index in [4.69, 9.17) is 21.2 Å². The van der Waals surface area contributed by atoms with Gasteiger partial charge < -0.3 is 14.9 Å². The average molecular weight is 500 g/mol. The molecule has 2 heterocycles. The zero-order valence-corrected chi connectivity index (χ0v) is 22.3. The third-order valence-corrected chi connectivity index (χ3v) is 5.81. The summed E-state index contributed by atoms with van der Waals surface area (Å²) in [7, 11) is 1.89. The summed E-state index contributed by atoms with van der Waals surface area (Å²) in [5, 5.41) is 12.1. The van der Waals surface area contributed by atoms with E-state index in [0.29, 0.717) is 5.02 Å². The van der Waals surface area contributed by atoms with Crippen molar-refractivity contribution in [1.82, 2.24) is 19.9 Å². The SMILES string of the molecule is C=O.C=O.CNc1ccc(Cl)cc1-n1nncc1CN1CCCC1.Cc1ccc(C(C)(C)C)cc1. The largest absolute Gasteiger partial charge is 0.386 e. The van der Waals surface area contributed by atoms with Crippen molar-refractivity contribution in [2.75, 3.05) is 25.5 Å². The maximum atomic E-state index is 8.00. The van der Waals surface area contributed by atoms with Gasteiger partial charge in [0.05, 0.1) is 23.3 Å². The Labute approximate surface area is 214 Å². The molecule has 0 spiro atoms. The molecule has 0 bridgehead atoms. The normalized spacial score (nSPS) is 12.9. The van der Waals surface area contributed by atoms with Crippen molar-refractivity contribution in [3.05, 3.63) is 70.5 Å². The van der Waals surface area contributed by atoms with E-state index in [1.807, 2.05) is 49.7 Å². The van der Waals surface area contributed by atoms with Crippen molar-refractivity contribution < 1.29 is 9.59 Å². The van der Waals surface area contributed by atoms with Crippen LogP contribution in [0.3, 0.4) is 0 Å². The zero-order chi connectivity index (χ0) is 26.4. The van der Waals surface area contributed by atoms with E-state index in [2.05, 4.69) is 72.5 Å². The lowest BCUT2D eigenvalue weighted by Crippen LogP contribution is -2.20. The third-order valence-electron chi connectivity index (χ3n) is 5.58. The summed E-state index contributed by atoms with van der Waals surface area (Å²) in [5.41, 5.74) is 6.04. The molecule has 3 aromatic rings. The van der Waals surface area contributed by atoms with Gasteiger partial charge in [0.15, 0.2) is 0 Å². The number of rotatable bonds is 4. The number of anilines is 1. The number of hydrogen-bond donors (Lipinski definition) is 1. The highest BCUT2D eigenvalue weighted by Crippen LogP contribution is 2.25. The van der Waals surface area contributed by atoms with Crippen molar-refractivity contribution in [2.45, 2.75) is 52.5 Å². The van der Waals surface area contributed by atoms with Crippen molar-refractivity contribution >= 4 is 30.9 Å². The zero-order valence-electron chi connectivity index (χ0n) is 21.6. The molecule has 7 nitrogen and oxygen atoms in total. The highest BCUT2D eigenvalue weighted by Gasteiger charge is 2.17. The smallest absolute Gasteiger partial charge is 0.106 e. The fourth-order valence-corrected chi connectivity index (χ4v) is 3.85. The predicted molar refractivity (Wildman–Crippen MR) is 145 cm³/mol. The summed E-state index contributed by atoms with van der Waals surface area (Å²) < 4.78 is 1.87. The average Bonchev–Trinajstić information content (AvgIpc) is 3.54. The Kier molecular flexibility index (Phi) is 12.9. The number of nitrogens with zero attached hydrogens (tertiary/aromatic N) is 4. The molecule has 0 atom stereocenters. The lowest BCUT2D eigenvalue weighted by atomic mass is 9.87. The third kappa shape index (κ3) is 9.26. The highest BCUT2D eigenvalue weighted by atomic mass is 35.5. The van der Waals surface area contributed by atoms with Crippen molar-refractivity contribution in [1.29, 1.82) is 0 Å². The Bertz CT molecular complexity index is 1010. The second-order valence-electron chi connectivity index (χ2n) is 9.15. The van der Waals surface area contributed by atoms with E-state index in [1.165, 1.54) is 24.0 Å². The van der Waals surface area contributed by atoms with Crippen LogP contribution in [0.2, 0.25) is 5.02 Å². The number of benzene rings is 2. The van der Waals surface area contributed by atoms with Crippen LogP contribution in [0.1, 0.15) is 50.4 Å². The fraction of sp³-hybridized carbons (Fsp3) is 0.407. The molecule has 1 aromatic heterocycles. The molecule has 1 aliphatic heterocycles. The van der Waals surface area contributed by atoms with Gasteiger partial charge in [0.2, 0.25) is 0 Å². The number of hydrogen-bond acceptors (Lipinski definition) is 6. The molecule has 1 saturated heterocycles. The van der Waals surface area contributed by atoms with Crippen LogP contribution in [-0.2, 0) is 21.5 Å². The lowest BCUT2D eigenvalue weighted by molar-refractivity contribution is -0.0987. The van der Waals surface area contributed by atoms with E-state index < -0.39 is 0 Å². The molecular formula is C27H38ClN5O2. The second kappa shape index (κ2) is 15.1. The topological polar surface area (TPSA) is 80.1 Å². The monoisotopic (exact) mass is 499 g/mol. The van der Waals surface area contributed by atoms with Crippen LogP contribution in [-0.4, -0.2) is 53.6 Å². The molecule has 1 aliphatic rings. The van der Waals surface area contributed by atoms with Crippen LogP contribution in [0.15, 0.2) is 48.7 Å². The molecule has 0 unspecified atom stereocenters. The van der Waals surface area contributed by atoms with Crippen molar-refractivity contribution in [3.8, 4) is 5.69 Å². The first-order chi connectivity index (χ1) is 16.8. The van der Waals surface area contributed by atoms with Gasteiger partial charge >= 0.3 is 0 Å².